The molecule has 1 amide bonds. The number of hydrogen-bond acceptors (Lipinski definition) is 5. The molecule has 1 aliphatic rings. The molecule has 0 spiro atoms. The van der Waals surface area contributed by atoms with E-state index in [1.165, 1.54) is 34.6 Å². The molecule has 3 rings (SSSR count). The van der Waals surface area contributed by atoms with Gasteiger partial charge in [-0.05, 0) is 42.8 Å². The van der Waals surface area contributed by atoms with Crippen LogP contribution in [0.4, 0.5) is 19.0 Å². The number of benzene rings is 1. The second-order valence-corrected chi connectivity index (χ2v) is 9.59. The molecule has 2 aromatic rings. The lowest BCUT2D eigenvalue weighted by molar-refractivity contribution is -0.137. The number of carbonyl (C=O) groups is 1. The minimum atomic E-state index is -4.44. The van der Waals surface area contributed by atoms with Gasteiger partial charge in [-0.25, -0.2) is 13.4 Å². The number of aromatic nitrogens is 1. The molecule has 1 aromatic heterocycles. The van der Waals surface area contributed by atoms with Gasteiger partial charge in [-0.15, -0.1) is 0 Å². The third kappa shape index (κ3) is 5.64. The molecule has 0 aliphatic carbocycles. The highest BCUT2D eigenvalue weighted by Crippen LogP contribution is 2.29. The molecule has 2 heterocycles. The number of amides is 1. The van der Waals surface area contributed by atoms with Crippen LogP contribution in [0.15, 0.2) is 47.5 Å². The Morgan fingerprint density at radius 3 is 2.21 bits per heavy atom. The van der Waals surface area contributed by atoms with Crippen LogP contribution in [-0.4, -0.2) is 67.8 Å². The average Bonchev–Trinajstić information content (AvgIpc) is 3.05. The highest BCUT2D eigenvalue weighted by atomic mass is 32.2. The van der Waals surface area contributed by atoms with Gasteiger partial charge in [-0.1, -0.05) is 13.8 Å². The van der Waals surface area contributed by atoms with E-state index < -0.39 is 21.8 Å². The number of anilines is 1. The zero-order valence-electron chi connectivity index (χ0n) is 18.5. The Morgan fingerprint density at radius 2 is 1.67 bits per heavy atom. The number of halogens is 3. The lowest BCUT2D eigenvalue weighted by Gasteiger charge is -2.23. The number of hydrogen-bond donors (Lipinski definition) is 0. The average molecular weight is 485 g/mol. The van der Waals surface area contributed by atoms with E-state index in [-0.39, 0.29) is 10.8 Å². The van der Waals surface area contributed by atoms with Gasteiger partial charge >= 0.3 is 6.18 Å². The van der Waals surface area contributed by atoms with Crippen LogP contribution in [0.1, 0.15) is 36.2 Å². The van der Waals surface area contributed by atoms with E-state index in [0.29, 0.717) is 57.1 Å². The van der Waals surface area contributed by atoms with Gasteiger partial charge in [0, 0.05) is 51.0 Å². The monoisotopic (exact) mass is 484 g/mol. The number of carbonyl (C=O) groups excluding carboxylic acids is 1. The molecule has 0 saturated carbocycles. The molecule has 1 fully saturated rings. The Morgan fingerprint density at radius 1 is 1.00 bits per heavy atom. The molecule has 1 saturated heterocycles. The first-order chi connectivity index (χ1) is 15.6. The first kappa shape index (κ1) is 25.0. The van der Waals surface area contributed by atoms with Crippen LogP contribution < -0.4 is 4.90 Å². The molecular formula is C22H27F3N4O3S. The summed E-state index contributed by atoms with van der Waals surface area (Å²) in [5, 5.41) is 0. The van der Waals surface area contributed by atoms with Gasteiger partial charge in [-0.2, -0.15) is 17.5 Å². The summed E-state index contributed by atoms with van der Waals surface area (Å²) in [6.07, 6.45) is -2.99. The summed E-state index contributed by atoms with van der Waals surface area (Å²) in [6.45, 7) is 6.09. The molecule has 11 heteroatoms. The van der Waals surface area contributed by atoms with Crippen LogP contribution in [0.2, 0.25) is 0 Å². The van der Waals surface area contributed by atoms with Gasteiger partial charge < -0.3 is 9.80 Å². The Hall–Kier alpha value is -2.66. The van der Waals surface area contributed by atoms with Crippen LogP contribution in [-0.2, 0) is 16.2 Å². The summed E-state index contributed by atoms with van der Waals surface area (Å²) in [5.41, 5.74) is -0.418. The smallest absolute Gasteiger partial charge is 0.355 e. The van der Waals surface area contributed by atoms with Crippen molar-refractivity contribution in [2.24, 2.45) is 0 Å². The third-order valence-electron chi connectivity index (χ3n) is 5.63. The predicted octanol–water partition coefficient (Wildman–Crippen LogP) is 3.48. The van der Waals surface area contributed by atoms with Crippen LogP contribution in [0.25, 0.3) is 0 Å². The van der Waals surface area contributed by atoms with E-state index in [1.807, 2.05) is 4.90 Å². The van der Waals surface area contributed by atoms with E-state index in [9.17, 15) is 26.4 Å². The van der Waals surface area contributed by atoms with Gasteiger partial charge in [0.2, 0.25) is 10.0 Å². The zero-order chi connectivity index (χ0) is 24.2. The van der Waals surface area contributed by atoms with E-state index in [1.54, 1.807) is 18.7 Å². The van der Waals surface area contributed by atoms with Crippen molar-refractivity contribution in [1.82, 2.24) is 14.2 Å². The van der Waals surface area contributed by atoms with Crippen molar-refractivity contribution in [2.45, 2.75) is 31.3 Å². The molecule has 7 nitrogen and oxygen atoms in total. The first-order valence-corrected chi connectivity index (χ1v) is 12.2. The fraction of sp³-hybridized carbons (Fsp3) is 0.455. The number of rotatable bonds is 6. The summed E-state index contributed by atoms with van der Waals surface area (Å²) in [6, 6.07) is 8.26. The third-order valence-corrected chi connectivity index (χ3v) is 7.69. The van der Waals surface area contributed by atoms with Gasteiger partial charge in [0.25, 0.3) is 5.91 Å². The molecule has 0 radical (unpaired) electrons. The van der Waals surface area contributed by atoms with Crippen LogP contribution in [0.3, 0.4) is 0 Å². The fourth-order valence-electron chi connectivity index (χ4n) is 3.76. The molecule has 1 aromatic carbocycles. The molecule has 180 valence electrons. The van der Waals surface area contributed by atoms with Gasteiger partial charge in [0.1, 0.15) is 5.82 Å². The maximum absolute atomic E-state index is 13.0. The van der Waals surface area contributed by atoms with Crippen molar-refractivity contribution in [3.8, 4) is 0 Å². The molecule has 0 N–H and O–H groups in total. The fourth-order valence-corrected chi connectivity index (χ4v) is 5.21. The Balaban J connectivity index is 1.67. The second kappa shape index (κ2) is 10.1. The lowest BCUT2D eigenvalue weighted by atomic mass is 10.2. The lowest BCUT2D eigenvalue weighted by Crippen LogP contribution is -2.35. The van der Waals surface area contributed by atoms with Gasteiger partial charge in [-0.3, -0.25) is 4.79 Å². The minimum Gasteiger partial charge on any atom is -0.355 e. The highest BCUT2D eigenvalue weighted by Gasteiger charge is 2.31. The number of pyridine rings is 1. The molecule has 0 bridgehead atoms. The Labute approximate surface area is 191 Å². The molecular weight excluding hydrogens is 457 g/mol. The van der Waals surface area contributed by atoms with Crippen LogP contribution >= 0.6 is 0 Å². The van der Waals surface area contributed by atoms with E-state index in [2.05, 4.69) is 4.98 Å². The molecule has 0 atom stereocenters. The van der Waals surface area contributed by atoms with Gasteiger partial charge in [0.05, 0.1) is 10.5 Å². The van der Waals surface area contributed by atoms with E-state index >= 15 is 0 Å². The van der Waals surface area contributed by atoms with E-state index in [4.69, 9.17) is 0 Å². The topological polar surface area (TPSA) is 73.8 Å². The number of nitrogens with zero attached hydrogens (tertiary/aromatic N) is 4. The maximum atomic E-state index is 13.0. The van der Waals surface area contributed by atoms with Crippen LogP contribution in [0.5, 0.6) is 0 Å². The Kier molecular flexibility index (Phi) is 7.63. The van der Waals surface area contributed by atoms with Crippen molar-refractivity contribution in [3.05, 3.63) is 53.7 Å². The second-order valence-electron chi connectivity index (χ2n) is 7.65. The van der Waals surface area contributed by atoms with Crippen LogP contribution in [0, 0.1) is 0 Å². The minimum absolute atomic E-state index is 0.137. The summed E-state index contributed by atoms with van der Waals surface area (Å²) in [5.74, 6) is 0.215. The van der Waals surface area contributed by atoms with Crippen molar-refractivity contribution in [1.29, 1.82) is 0 Å². The summed E-state index contributed by atoms with van der Waals surface area (Å²) >= 11 is 0. The maximum Gasteiger partial charge on any atom is 0.417 e. The zero-order valence-corrected chi connectivity index (χ0v) is 19.4. The summed E-state index contributed by atoms with van der Waals surface area (Å²) < 4.78 is 64.9. The largest absolute Gasteiger partial charge is 0.417 e. The van der Waals surface area contributed by atoms with E-state index in [0.717, 1.165) is 12.3 Å². The quantitative estimate of drug-likeness (QED) is 0.628. The number of sulfonamides is 1. The normalized spacial score (nSPS) is 15.6. The Bertz CT molecular complexity index is 1050. The molecule has 1 aliphatic heterocycles. The van der Waals surface area contributed by atoms with Crippen molar-refractivity contribution < 1.29 is 26.4 Å². The SMILES string of the molecule is CCN(CC)S(=O)(=O)c1ccc(C(=O)N2CCCN(c3ccc(C(F)(F)F)cn3)CC2)cc1. The molecule has 0 unspecified atom stereocenters. The highest BCUT2D eigenvalue weighted by molar-refractivity contribution is 7.89. The van der Waals surface area contributed by atoms with Gasteiger partial charge in [0.15, 0.2) is 0 Å². The van der Waals surface area contributed by atoms with Crippen molar-refractivity contribution in [3.63, 3.8) is 0 Å². The van der Waals surface area contributed by atoms with Crippen molar-refractivity contribution in [2.75, 3.05) is 44.2 Å². The summed E-state index contributed by atoms with van der Waals surface area (Å²) in [4.78, 5) is 20.6. The van der Waals surface area contributed by atoms with Crippen molar-refractivity contribution >= 4 is 21.7 Å². The standard InChI is InChI=1S/C22H27F3N4O3S/c1-3-29(4-2)33(31,32)19-9-6-17(7-10-19)21(30)28-13-5-12-27(14-15-28)20-11-8-18(16-26-20)22(23,24)25/h6-11,16H,3-5,12-15H2,1-2H3. The predicted molar refractivity (Wildman–Crippen MR) is 119 cm³/mol. The number of alkyl halides is 3. The summed E-state index contributed by atoms with van der Waals surface area (Å²) in [7, 11) is -3.60. The molecule has 33 heavy (non-hydrogen) atoms. The first-order valence-electron chi connectivity index (χ1n) is 10.8.